The van der Waals surface area contributed by atoms with Crippen LogP contribution in [0.2, 0.25) is 0 Å². The van der Waals surface area contributed by atoms with Crippen LogP contribution in [-0.2, 0) is 22.3 Å². The van der Waals surface area contributed by atoms with Crippen molar-refractivity contribution in [3.05, 3.63) is 27.7 Å². The number of benzene rings is 1. The van der Waals surface area contributed by atoms with Gasteiger partial charge in [0, 0.05) is 25.1 Å². The highest BCUT2D eigenvalue weighted by Gasteiger charge is 2.25. The second-order valence-corrected chi connectivity index (χ2v) is 6.17. The molecule has 21 heavy (non-hydrogen) atoms. The summed E-state index contributed by atoms with van der Waals surface area (Å²) >= 11 is 3.59. The molecule has 0 amide bonds. The van der Waals surface area contributed by atoms with Crippen LogP contribution >= 0.6 is 15.9 Å². The van der Waals surface area contributed by atoms with Crippen LogP contribution in [0.1, 0.15) is 24.5 Å². The molecule has 0 saturated carbocycles. The fraction of sp³-hybridized carbons (Fsp3) is 0.625. The number of rotatable bonds is 8. The number of methoxy groups -OCH3 is 2. The van der Waals surface area contributed by atoms with E-state index in [1.165, 1.54) is 11.1 Å². The van der Waals surface area contributed by atoms with Crippen molar-refractivity contribution in [1.29, 1.82) is 0 Å². The Morgan fingerprint density at radius 3 is 2.76 bits per heavy atom. The predicted octanol–water partition coefficient (Wildman–Crippen LogP) is 2.91. The molecule has 0 aromatic heterocycles. The smallest absolute Gasteiger partial charge is 0.172 e. The summed E-state index contributed by atoms with van der Waals surface area (Å²) in [6.07, 6.45) is 2.59. The van der Waals surface area contributed by atoms with Gasteiger partial charge in [0.1, 0.15) is 5.75 Å². The van der Waals surface area contributed by atoms with Crippen molar-refractivity contribution >= 4 is 15.9 Å². The van der Waals surface area contributed by atoms with E-state index >= 15 is 0 Å². The molecule has 0 fully saturated rings. The molecule has 1 N–H and O–H groups in total. The largest absolute Gasteiger partial charge is 0.493 e. The maximum atomic E-state index is 5.81. The number of fused-ring (bicyclic) bond motifs is 1. The fourth-order valence-corrected chi connectivity index (χ4v) is 3.31. The zero-order valence-corrected chi connectivity index (χ0v) is 14.5. The van der Waals surface area contributed by atoms with Crippen LogP contribution in [0.25, 0.3) is 0 Å². The lowest BCUT2D eigenvalue weighted by Gasteiger charge is -2.26. The van der Waals surface area contributed by atoms with Crippen LogP contribution in [-0.4, -0.2) is 39.7 Å². The van der Waals surface area contributed by atoms with Gasteiger partial charge < -0.3 is 19.5 Å². The Morgan fingerprint density at radius 2 is 2.10 bits per heavy atom. The molecule has 1 heterocycles. The first-order valence-corrected chi connectivity index (χ1v) is 8.22. The number of hydrogen-bond acceptors (Lipinski definition) is 4. The summed E-state index contributed by atoms with van der Waals surface area (Å²) < 4.78 is 17.8. The van der Waals surface area contributed by atoms with Crippen molar-refractivity contribution in [2.75, 3.05) is 27.4 Å². The zero-order chi connectivity index (χ0) is 15.2. The van der Waals surface area contributed by atoms with Gasteiger partial charge in [0.05, 0.1) is 12.6 Å². The molecule has 1 aliphatic heterocycles. The van der Waals surface area contributed by atoms with Gasteiger partial charge >= 0.3 is 0 Å². The van der Waals surface area contributed by atoms with Crippen LogP contribution in [0.5, 0.6) is 5.75 Å². The Bertz CT molecular complexity index is 463. The molecule has 1 aromatic rings. The van der Waals surface area contributed by atoms with Crippen molar-refractivity contribution < 1.29 is 14.2 Å². The van der Waals surface area contributed by atoms with Crippen LogP contribution < -0.4 is 10.1 Å². The van der Waals surface area contributed by atoms with E-state index in [1.54, 1.807) is 14.2 Å². The Labute approximate surface area is 135 Å². The molecule has 1 atom stereocenters. The number of ether oxygens (including phenoxy) is 3. The summed E-state index contributed by atoms with van der Waals surface area (Å²) in [7, 11) is 3.35. The second-order valence-electron chi connectivity index (χ2n) is 5.26. The number of halogens is 1. The first-order valence-electron chi connectivity index (χ1n) is 7.42. The van der Waals surface area contributed by atoms with Crippen LogP contribution in [0.4, 0.5) is 0 Å². The minimum Gasteiger partial charge on any atom is -0.493 e. The molecule has 0 spiro atoms. The zero-order valence-electron chi connectivity index (χ0n) is 12.9. The first-order chi connectivity index (χ1) is 10.2. The SMILES string of the molecule is CCCNC(Cc1cc(Br)cc2c1OCC2)C(OC)OC. The van der Waals surface area contributed by atoms with Crippen molar-refractivity contribution in [3.63, 3.8) is 0 Å². The fourth-order valence-electron chi connectivity index (χ4n) is 2.75. The third kappa shape index (κ3) is 4.19. The summed E-state index contributed by atoms with van der Waals surface area (Å²) in [6, 6.07) is 4.37. The molecule has 1 unspecified atom stereocenters. The summed E-state index contributed by atoms with van der Waals surface area (Å²) in [6.45, 7) is 3.85. The minimum atomic E-state index is -0.271. The molecule has 1 aliphatic rings. The summed E-state index contributed by atoms with van der Waals surface area (Å²) in [4.78, 5) is 0. The highest BCUT2D eigenvalue weighted by Crippen LogP contribution is 2.34. The molecule has 0 radical (unpaired) electrons. The Kier molecular flexibility index (Phi) is 6.48. The predicted molar refractivity (Wildman–Crippen MR) is 86.9 cm³/mol. The van der Waals surface area contributed by atoms with E-state index in [2.05, 4.69) is 40.3 Å². The van der Waals surface area contributed by atoms with Gasteiger partial charge in [0.15, 0.2) is 6.29 Å². The lowest BCUT2D eigenvalue weighted by Crippen LogP contribution is -2.44. The maximum Gasteiger partial charge on any atom is 0.172 e. The summed E-state index contributed by atoms with van der Waals surface area (Å²) in [5, 5.41) is 3.51. The van der Waals surface area contributed by atoms with Gasteiger partial charge in [-0.05, 0) is 42.6 Å². The van der Waals surface area contributed by atoms with E-state index in [4.69, 9.17) is 14.2 Å². The van der Waals surface area contributed by atoms with Crippen molar-refractivity contribution in [1.82, 2.24) is 5.32 Å². The molecule has 0 aliphatic carbocycles. The van der Waals surface area contributed by atoms with E-state index in [0.717, 1.165) is 42.6 Å². The number of nitrogens with one attached hydrogen (secondary N) is 1. The van der Waals surface area contributed by atoms with Gasteiger partial charge in [-0.1, -0.05) is 22.9 Å². The standard InChI is InChI=1S/C16H24BrNO3/c1-4-6-18-14(16(19-2)20-3)10-12-9-13(17)8-11-5-7-21-15(11)12/h8-9,14,16,18H,4-7,10H2,1-3H3. The lowest BCUT2D eigenvalue weighted by atomic mass is 10.0. The van der Waals surface area contributed by atoms with Crippen molar-refractivity contribution in [3.8, 4) is 5.75 Å². The quantitative estimate of drug-likeness (QED) is 0.726. The van der Waals surface area contributed by atoms with Crippen LogP contribution in [0.3, 0.4) is 0 Å². The molecule has 2 rings (SSSR count). The van der Waals surface area contributed by atoms with Gasteiger partial charge in [0.2, 0.25) is 0 Å². The topological polar surface area (TPSA) is 39.7 Å². The van der Waals surface area contributed by atoms with Gasteiger partial charge in [-0.15, -0.1) is 0 Å². The molecule has 0 saturated heterocycles. The second kappa shape index (κ2) is 8.13. The highest BCUT2D eigenvalue weighted by molar-refractivity contribution is 9.10. The molecular formula is C16H24BrNO3. The minimum absolute atomic E-state index is 0.0996. The van der Waals surface area contributed by atoms with E-state index in [1.807, 2.05) is 0 Å². The van der Waals surface area contributed by atoms with Gasteiger partial charge in [-0.3, -0.25) is 0 Å². The van der Waals surface area contributed by atoms with Gasteiger partial charge in [-0.2, -0.15) is 0 Å². The number of hydrogen-bond donors (Lipinski definition) is 1. The van der Waals surface area contributed by atoms with E-state index < -0.39 is 0 Å². The summed E-state index contributed by atoms with van der Waals surface area (Å²) in [5.41, 5.74) is 2.48. The molecule has 0 bridgehead atoms. The first kappa shape index (κ1) is 16.7. The van der Waals surface area contributed by atoms with Crippen molar-refractivity contribution in [2.45, 2.75) is 38.5 Å². The molecule has 4 nitrogen and oxygen atoms in total. The normalized spacial score (nSPS) is 15.1. The van der Waals surface area contributed by atoms with Gasteiger partial charge in [0.25, 0.3) is 0 Å². The third-order valence-corrected chi connectivity index (χ3v) is 4.17. The van der Waals surface area contributed by atoms with Crippen LogP contribution in [0.15, 0.2) is 16.6 Å². The highest BCUT2D eigenvalue weighted by atomic mass is 79.9. The van der Waals surface area contributed by atoms with Crippen molar-refractivity contribution in [2.24, 2.45) is 0 Å². The van der Waals surface area contributed by atoms with E-state index in [9.17, 15) is 0 Å². The Hall–Kier alpha value is -0.620. The Balaban J connectivity index is 2.19. The third-order valence-electron chi connectivity index (χ3n) is 3.71. The maximum absolute atomic E-state index is 5.81. The van der Waals surface area contributed by atoms with E-state index in [0.29, 0.717) is 0 Å². The van der Waals surface area contributed by atoms with E-state index in [-0.39, 0.29) is 12.3 Å². The molecule has 118 valence electrons. The lowest BCUT2D eigenvalue weighted by molar-refractivity contribution is -0.122. The molecule has 5 heteroatoms. The monoisotopic (exact) mass is 357 g/mol. The summed E-state index contributed by atoms with van der Waals surface area (Å²) in [5.74, 6) is 1.03. The van der Waals surface area contributed by atoms with Gasteiger partial charge in [-0.25, -0.2) is 0 Å². The Morgan fingerprint density at radius 1 is 1.33 bits per heavy atom. The molecular weight excluding hydrogens is 334 g/mol. The van der Waals surface area contributed by atoms with Crippen LogP contribution in [0, 0.1) is 0 Å². The average Bonchev–Trinajstić information content (AvgIpc) is 2.93. The average molecular weight is 358 g/mol. The molecule has 1 aromatic carbocycles.